The van der Waals surface area contributed by atoms with Crippen molar-refractivity contribution >= 4 is 46.2 Å². The Morgan fingerprint density at radius 2 is 1.94 bits per heavy atom. The van der Waals surface area contributed by atoms with Crippen LogP contribution in [-0.4, -0.2) is 42.0 Å². The van der Waals surface area contributed by atoms with E-state index in [1.807, 2.05) is 4.90 Å². The second kappa shape index (κ2) is 5.97. The molecule has 1 aliphatic heterocycles. The van der Waals surface area contributed by atoms with Crippen molar-refractivity contribution in [2.75, 3.05) is 26.3 Å². The van der Waals surface area contributed by atoms with Crippen molar-refractivity contribution in [1.82, 2.24) is 4.90 Å². The normalized spacial score (nSPS) is 15.6. The average Bonchev–Trinajstić information content (AvgIpc) is 2.38. The van der Waals surface area contributed by atoms with Gasteiger partial charge < -0.3 is 9.64 Å². The van der Waals surface area contributed by atoms with Gasteiger partial charge in [-0.2, -0.15) is 0 Å². The molecule has 1 aliphatic rings. The van der Waals surface area contributed by atoms with Crippen LogP contribution < -0.4 is 0 Å². The Morgan fingerprint density at radius 1 is 1.28 bits per heavy atom. The predicted molar refractivity (Wildman–Crippen MR) is 75.8 cm³/mol. The van der Waals surface area contributed by atoms with E-state index < -0.39 is 0 Å². The molecule has 0 spiro atoms. The number of ketones is 1. The van der Waals surface area contributed by atoms with Gasteiger partial charge in [-0.05, 0) is 18.2 Å². The number of morpholine rings is 1. The molecule has 0 bridgehead atoms. The highest BCUT2D eigenvalue weighted by atomic mass is 35.5. The lowest BCUT2D eigenvalue weighted by Crippen LogP contribution is -2.43. The largest absolute Gasteiger partial charge is 0.378 e. The van der Waals surface area contributed by atoms with E-state index in [0.29, 0.717) is 41.9 Å². The lowest BCUT2D eigenvalue weighted by molar-refractivity contribution is 0.0670. The third-order valence-electron chi connectivity index (χ3n) is 2.67. The highest BCUT2D eigenvalue weighted by Crippen LogP contribution is 2.22. The number of Topliss-reactive ketones (excluding diaryl/α,β-unsaturated/α-hetero) is 1. The molecule has 0 N–H and O–H groups in total. The van der Waals surface area contributed by atoms with Crippen molar-refractivity contribution in [3.8, 4) is 0 Å². The van der Waals surface area contributed by atoms with Crippen LogP contribution in [0.4, 0.5) is 0 Å². The molecule has 1 aromatic carbocycles. The quantitative estimate of drug-likeness (QED) is 0.621. The van der Waals surface area contributed by atoms with Crippen molar-refractivity contribution in [2.24, 2.45) is 0 Å². The minimum Gasteiger partial charge on any atom is -0.378 e. The fourth-order valence-electron chi connectivity index (χ4n) is 1.70. The van der Waals surface area contributed by atoms with Crippen LogP contribution in [0, 0.1) is 0 Å². The van der Waals surface area contributed by atoms with Crippen molar-refractivity contribution in [2.45, 2.75) is 0 Å². The molecule has 0 aromatic heterocycles. The van der Waals surface area contributed by atoms with Crippen LogP contribution in [0.1, 0.15) is 10.4 Å². The van der Waals surface area contributed by atoms with Crippen LogP contribution >= 0.6 is 35.4 Å². The summed E-state index contributed by atoms with van der Waals surface area (Å²) >= 11 is 17.0. The second-order valence-electron chi connectivity index (χ2n) is 3.86. The lowest BCUT2D eigenvalue weighted by atomic mass is 10.1. The first-order chi connectivity index (χ1) is 8.59. The molecule has 1 fully saturated rings. The third-order valence-corrected chi connectivity index (χ3v) is 3.66. The summed E-state index contributed by atoms with van der Waals surface area (Å²) in [6.45, 7) is 2.44. The first kappa shape index (κ1) is 13.7. The van der Waals surface area contributed by atoms with Crippen molar-refractivity contribution in [3.05, 3.63) is 33.8 Å². The molecule has 0 unspecified atom stereocenters. The molecular formula is C12H11Cl2NO2S. The van der Waals surface area contributed by atoms with Crippen molar-refractivity contribution in [1.29, 1.82) is 0 Å². The predicted octanol–water partition coefficient (Wildman–Crippen LogP) is 2.84. The van der Waals surface area contributed by atoms with Gasteiger partial charge in [0.25, 0.3) is 0 Å². The summed E-state index contributed by atoms with van der Waals surface area (Å²) in [5.74, 6) is -0.242. The highest BCUT2D eigenvalue weighted by molar-refractivity contribution is 7.82. The van der Waals surface area contributed by atoms with Gasteiger partial charge >= 0.3 is 0 Å². The van der Waals surface area contributed by atoms with Gasteiger partial charge in [-0.1, -0.05) is 35.4 Å². The van der Waals surface area contributed by atoms with E-state index in [1.165, 1.54) is 6.07 Å². The number of halogens is 2. The van der Waals surface area contributed by atoms with Gasteiger partial charge in [0.05, 0.1) is 18.2 Å². The first-order valence-electron chi connectivity index (χ1n) is 5.46. The molecule has 1 aromatic rings. The molecule has 0 atom stereocenters. The number of carbonyl (C=O) groups excluding carboxylic acids is 1. The molecule has 0 radical (unpaired) electrons. The molecule has 0 amide bonds. The molecule has 0 aliphatic carbocycles. The Kier molecular flexibility index (Phi) is 4.56. The number of thiocarbonyl (C=S) groups is 1. The van der Waals surface area contributed by atoms with E-state index in [2.05, 4.69) is 0 Å². The number of ether oxygens (including phenoxy) is 1. The molecule has 1 saturated heterocycles. The molecule has 18 heavy (non-hydrogen) atoms. The summed E-state index contributed by atoms with van der Waals surface area (Å²) in [4.78, 5) is 14.3. The van der Waals surface area contributed by atoms with Gasteiger partial charge in [0.15, 0.2) is 4.99 Å². The summed E-state index contributed by atoms with van der Waals surface area (Å²) < 4.78 is 5.22. The summed E-state index contributed by atoms with van der Waals surface area (Å²) in [5, 5.41) is 0.817. The van der Waals surface area contributed by atoms with Gasteiger partial charge in [0.1, 0.15) is 0 Å². The zero-order valence-electron chi connectivity index (χ0n) is 9.49. The highest BCUT2D eigenvalue weighted by Gasteiger charge is 2.22. The van der Waals surface area contributed by atoms with Crippen LogP contribution in [0.5, 0.6) is 0 Å². The number of benzene rings is 1. The monoisotopic (exact) mass is 303 g/mol. The van der Waals surface area contributed by atoms with E-state index in [-0.39, 0.29) is 10.8 Å². The Bertz CT molecular complexity index is 487. The fourth-order valence-corrected chi connectivity index (χ4v) is 2.49. The van der Waals surface area contributed by atoms with Crippen LogP contribution in [0.3, 0.4) is 0 Å². The van der Waals surface area contributed by atoms with Gasteiger partial charge in [-0.3, -0.25) is 4.79 Å². The maximum Gasteiger partial charge on any atom is 0.221 e. The van der Waals surface area contributed by atoms with E-state index in [0.717, 1.165) is 0 Å². The number of carbonyl (C=O) groups is 1. The Labute approximate surface area is 121 Å². The van der Waals surface area contributed by atoms with Gasteiger partial charge in [-0.15, -0.1) is 0 Å². The van der Waals surface area contributed by atoms with Crippen molar-refractivity contribution < 1.29 is 9.53 Å². The number of hydrogen-bond donors (Lipinski definition) is 0. The molecule has 0 saturated carbocycles. The van der Waals surface area contributed by atoms with Crippen LogP contribution in [0.2, 0.25) is 10.0 Å². The van der Waals surface area contributed by atoms with Crippen molar-refractivity contribution in [3.63, 3.8) is 0 Å². The molecular weight excluding hydrogens is 293 g/mol. The van der Waals surface area contributed by atoms with E-state index in [1.54, 1.807) is 12.1 Å². The van der Waals surface area contributed by atoms with Gasteiger partial charge in [0.2, 0.25) is 5.78 Å². The fraction of sp³-hybridized carbons (Fsp3) is 0.333. The summed E-state index contributed by atoms with van der Waals surface area (Å²) in [7, 11) is 0. The smallest absolute Gasteiger partial charge is 0.221 e. The average molecular weight is 304 g/mol. The number of nitrogens with zero attached hydrogens (tertiary/aromatic N) is 1. The number of rotatable bonds is 2. The molecule has 3 nitrogen and oxygen atoms in total. The van der Waals surface area contributed by atoms with Gasteiger partial charge in [0, 0.05) is 23.7 Å². The first-order valence-corrected chi connectivity index (χ1v) is 6.62. The molecule has 2 rings (SSSR count). The number of hydrogen-bond acceptors (Lipinski definition) is 3. The van der Waals surface area contributed by atoms with Crippen LogP contribution in [0.15, 0.2) is 18.2 Å². The zero-order valence-corrected chi connectivity index (χ0v) is 11.8. The SMILES string of the molecule is O=C(C(=S)N1CCOCC1)c1ccc(Cl)cc1Cl. The summed E-state index contributed by atoms with van der Waals surface area (Å²) in [5.41, 5.74) is 0.387. The topological polar surface area (TPSA) is 29.5 Å². The van der Waals surface area contributed by atoms with Gasteiger partial charge in [-0.25, -0.2) is 0 Å². The molecule has 1 heterocycles. The van der Waals surface area contributed by atoms with E-state index in [4.69, 9.17) is 40.2 Å². The second-order valence-corrected chi connectivity index (χ2v) is 5.09. The Morgan fingerprint density at radius 3 is 2.56 bits per heavy atom. The maximum atomic E-state index is 12.2. The maximum absolute atomic E-state index is 12.2. The standard InChI is InChI=1S/C12H11Cl2NO2S/c13-8-1-2-9(10(14)7-8)11(16)12(18)15-3-5-17-6-4-15/h1-2,7H,3-6H2. The minimum absolute atomic E-state index is 0.242. The molecule has 6 heteroatoms. The minimum atomic E-state index is -0.242. The van der Waals surface area contributed by atoms with Crippen LogP contribution in [-0.2, 0) is 4.74 Å². The molecule has 96 valence electrons. The Hall–Kier alpha value is -0.680. The summed E-state index contributed by atoms with van der Waals surface area (Å²) in [6.07, 6.45) is 0. The lowest BCUT2D eigenvalue weighted by Gasteiger charge is -2.28. The van der Waals surface area contributed by atoms with Crippen LogP contribution in [0.25, 0.3) is 0 Å². The van der Waals surface area contributed by atoms with E-state index >= 15 is 0 Å². The zero-order chi connectivity index (χ0) is 13.1. The van der Waals surface area contributed by atoms with E-state index in [9.17, 15) is 4.79 Å². The Balaban J connectivity index is 2.17. The summed E-state index contributed by atoms with van der Waals surface area (Å²) in [6, 6.07) is 4.76. The third kappa shape index (κ3) is 3.01.